The lowest BCUT2D eigenvalue weighted by Crippen LogP contribution is -2.47. The van der Waals surface area contributed by atoms with Gasteiger partial charge in [-0.1, -0.05) is 0 Å². The number of amides is 2. The molecule has 1 saturated heterocycles. The molecule has 2 fully saturated rings. The van der Waals surface area contributed by atoms with E-state index in [1.165, 1.54) is 12.8 Å². The Morgan fingerprint density at radius 3 is 2.35 bits per heavy atom. The summed E-state index contributed by atoms with van der Waals surface area (Å²) in [6.07, 6.45) is 4.93. The first-order chi connectivity index (χ1) is 9.67. The monoisotopic (exact) mass is 282 g/mol. The van der Waals surface area contributed by atoms with Crippen LogP contribution < -0.4 is 16.0 Å². The van der Waals surface area contributed by atoms with Gasteiger partial charge in [0, 0.05) is 45.2 Å². The number of likely N-dealkylation sites (N-methyl/N-ethyl adjacent to an activating group) is 1. The van der Waals surface area contributed by atoms with E-state index in [2.05, 4.69) is 20.9 Å². The highest BCUT2D eigenvalue weighted by atomic mass is 16.2. The molecule has 3 N–H and O–H groups in total. The van der Waals surface area contributed by atoms with Gasteiger partial charge in [0.05, 0.1) is 6.54 Å². The van der Waals surface area contributed by atoms with Crippen molar-refractivity contribution in [3.05, 3.63) is 0 Å². The first kappa shape index (κ1) is 15.3. The molecule has 0 aromatic carbocycles. The number of rotatable bonds is 7. The highest BCUT2D eigenvalue weighted by molar-refractivity contribution is 5.77. The lowest BCUT2D eigenvalue weighted by atomic mass is 10.0. The zero-order valence-corrected chi connectivity index (χ0v) is 12.3. The van der Waals surface area contributed by atoms with Gasteiger partial charge < -0.3 is 16.0 Å². The van der Waals surface area contributed by atoms with E-state index < -0.39 is 0 Å². The van der Waals surface area contributed by atoms with E-state index in [0.717, 1.165) is 32.5 Å². The molecule has 0 aromatic rings. The molecular formula is C14H26N4O2. The standard InChI is InChI=1S/C14H26N4O2/c1-15-14(20)10-18-8-5-12(6-9-18)17-13(19)4-7-16-11-2-3-11/h11-12,16H,2-10H2,1H3,(H,15,20)(H,17,19). The maximum Gasteiger partial charge on any atom is 0.233 e. The van der Waals surface area contributed by atoms with Gasteiger partial charge in [-0.15, -0.1) is 0 Å². The number of piperidine rings is 1. The van der Waals surface area contributed by atoms with Crippen LogP contribution >= 0.6 is 0 Å². The van der Waals surface area contributed by atoms with Crippen LogP contribution in [0.4, 0.5) is 0 Å². The lowest BCUT2D eigenvalue weighted by Gasteiger charge is -2.31. The van der Waals surface area contributed by atoms with Crippen molar-refractivity contribution >= 4 is 11.8 Å². The Hall–Kier alpha value is -1.14. The summed E-state index contributed by atoms with van der Waals surface area (Å²) in [5.41, 5.74) is 0. The zero-order chi connectivity index (χ0) is 14.4. The maximum atomic E-state index is 11.8. The highest BCUT2D eigenvalue weighted by Crippen LogP contribution is 2.18. The molecule has 20 heavy (non-hydrogen) atoms. The number of nitrogens with one attached hydrogen (secondary N) is 3. The van der Waals surface area contributed by atoms with Crippen molar-refractivity contribution in [2.45, 2.75) is 44.2 Å². The number of hydrogen-bond acceptors (Lipinski definition) is 4. The molecule has 1 aliphatic heterocycles. The summed E-state index contributed by atoms with van der Waals surface area (Å²) in [7, 11) is 1.66. The van der Waals surface area contributed by atoms with E-state index in [4.69, 9.17) is 0 Å². The van der Waals surface area contributed by atoms with Crippen LogP contribution in [-0.4, -0.2) is 62.0 Å². The second-order valence-corrected chi connectivity index (χ2v) is 5.77. The predicted molar refractivity (Wildman–Crippen MR) is 77.3 cm³/mol. The summed E-state index contributed by atoms with van der Waals surface area (Å²) in [5.74, 6) is 0.196. The van der Waals surface area contributed by atoms with E-state index in [1.54, 1.807) is 7.05 Å². The maximum absolute atomic E-state index is 11.8. The third-order valence-electron chi connectivity index (χ3n) is 3.96. The van der Waals surface area contributed by atoms with Gasteiger partial charge in [0.25, 0.3) is 0 Å². The van der Waals surface area contributed by atoms with E-state index in [-0.39, 0.29) is 17.9 Å². The molecule has 1 aliphatic carbocycles. The van der Waals surface area contributed by atoms with Crippen molar-refractivity contribution in [2.75, 3.05) is 33.2 Å². The molecule has 2 rings (SSSR count). The summed E-state index contributed by atoms with van der Waals surface area (Å²) in [6.45, 7) is 2.99. The van der Waals surface area contributed by atoms with E-state index in [1.807, 2.05) is 0 Å². The molecule has 0 unspecified atom stereocenters. The smallest absolute Gasteiger partial charge is 0.233 e. The third-order valence-corrected chi connectivity index (χ3v) is 3.96. The lowest BCUT2D eigenvalue weighted by molar-refractivity contribution is -0.123. The van der Waals surface area contributed by atoms with Gasteiger partial charge in [-0.3, -0.25) is 14.5 Å². The minimum atomic E-state index is 0.0543. The minimum absolute atomic E-state index is 0.0543. The van der Waals surface area contributed by atoms with Crippen LogP contribution in [0.1, 0.15) is 32.1 Å². The highest BCUT2D eigenvalue weighted by Gasteiger charge is 2.23. The van der Waals surface area contributed by atoms with Crippen molar-refractivity contribution in [3.8, 4) is 0 Å². The number of nitrogens with zero attached hydrogens (tertiary/aromatic N) is 1. The zero-order valence-electron chi connectivity index (χ0n) is 12.3. The molecular weight excluding hydrogens is 256 g/mol. The van der Waals surface area contributed by atoms with E-state index in [9.17, 15) is 9.59 Å². The SMILES string of the molecule is CNC(=O)CN1CCC(NC(=O)CCNC2CC2)CC1. The summed E-state index contributed by atoms with van der Waals surface area (Å²) < 4.78 is 0. The molecule has 0 aromatic heterocycles. The Morgan fingerprint density at radius 2 is 1.75 bits per heavy atom. The normalized spacial score (nSPS) is 20.6. The Morgan fingerprint density at radius 1 is 1.05 bits per heavy atom. The molecule has 6 nitrogen and oxygen atoms in total. The second-order valence-electron chi connectivity index (χ2n) is 5.77. The summed E-state index contributed by atoms with van der Waals surface area (Å²) in [4.78, 5) is 25.2. The van der Waals surface area contributed by atoms with E-state index in [0.29, 0.717) is 19.0 Å². The first-order valence-corrected chi connectivity index (χ1v) is 7.63. The Kier molecular flexibility index (Phi) is 5.79. The molecule has 1 heterocycles. The largest absolute Gasteiger partial charge is 0.358 e. The van der Waals surface area contributed by atoms with Gasteiger partial charge in [-0.2, -0.15) is 0 Å². The predicted octanol–water partition coefficient (Wildman–Crippen LogP) is -0.545. The van der Waals surface area contributed by atoms with Crippen molar-refractivity contribution in [1.29, 1.82) is 0 Å². The Labute approximate surface area is 120 Å². The Balaban J connectivity index is 1.56. The average molecular weight is 282 g/mol. The van der Waals surface area contributed by atoms with Gasteiger partial charge in [0.15, 0.2) is 0 Å². The van der Waals surface area contributed by atoms with Crippen LogP contribution in [0.25, 0.3) is 0 Å². The van der Waals surface area contributed by atoms with Crippen LogP contribution in [-0.2, 0) is 9.59 Å². The van der Waals surface area contributed by atoms with Crippen LogP contribution in [0, 0.1) is 0 Å². The minimum Gasteiger partial charge on any atom is -0.358 e. The molecule has 6 heteroatoms. The van der Waals surface area contributed by atoms with Gasteiger partial charge in [0.2, 0.25) is 11.8 Å². The van der Waals surface area contributed by atoms with Crippen LogP contribution in [0.2, 0.25) is 0 Å². The molecule has 114 valence electrons. The first-order valence-electron chi connectivity index (χ1n) is 7.63. The fraction of sp³-hybridized carbons (Fsp3) is 0.857. The summed E-state index contributed by atoms with van der Waals surface area (Å²) in [5, 5.41) is 9.08. The summed E-state index contributed by atoms with van der Waals surface area (Å²) >= 11 is 0. The number of likely N-dealkylation sites (tertiary alicyclic amines) is 1. The van der Waals surface area contributed by atoms with Gasteiger partial charge >= 0.3 is 0 Å². The van der Waals surface area contributed by atoms with Crippen LogP contribution in [0.5, 0.6) is 0 Å². The Bertz CT molecular complexity index is 336. The second kappa shape index (κ2) is 7.59. The van der Waals surface area contributed by atoms with Crippen LogP contribution in [0.15, 0.2) is 0 Å². The van der Waals surface area contributed by atoms with E-state index >= 15 is 0 Å². The average Bonchev–Trinajstić information content (AvgIpc) is 3.25. The number of carbonyl (C=O) groups excluding carboxylic acids is 2. The topological polar surface area (TPSA) is 73.5 Å². The number of hydrogen-bond donors (Lipinski definition) is 3. The van der Waals surface area contributed by atoms with Crippen molar-refractivity contribution < 1.29 is 9.59 Å². The molecule has 0 radical (unpaired) electrons. The molecule has 0 bridgehead atoms. The quantitative estimate of drug-likeness (QED) is 0.586. The van der Waals surface area contributed by atoms with Gasteiger partial charge in [-0.25, -0.2) is 0 Å². The van der Waals surface area contributed by atoms with Gasteiger partial charge in [-0.05, 0) is 25.7 Å². The molecule has 2 amide bonds. The van der Waals surface area contributed by atoms with Gasteiger partial charge in [0.1, 0.15) is 0 Å². The van der Waals surface area contributed by atoms with Crippen LogP contribution in [0.3, 0.4) is 0 Å². The summed E-state index contributed by atoms with van der Waals surface area (Å²) in [6, 6.07) is 0.931. The fourth-order valence-electron chi connectivity index (χ4n) is 2.49. The molecule has 2 aliphatic rings. The number of carbonyl (C=O) groups is 2. The van der Waals surface area contributed by atoms with Crippen molar-refractivity contribution in [1.82, 2.24) is 20.9 Å². The fourth-order valence-corrected chi connectivity index (χ4v) is 2.49. The molecule has 1 saturated carbocycles. The third kappa shape index (κ3) is 5.46. The van der Waals surface area contributed by atoms with Crippen molar-refractivity contribution in [3.63, 3.8) is 0 Å². The molecule has 0 spiro atoms. The van der Waals surface area contributed by atoms with Crippen molar-refractivity contribution in [2.24, 2.45) is 0 Å². The molecule has 0 atom stereocenters.